The number of benzene rings is 1. The summed E-state index contributed by atoms with van der Waals surface area (Å²) in [6.45, 7) is 0.413. The number of carboxylic acids is 1. The average molecular weight is 293 g/mol. The molecule has 2 N–H and O–H groups in total. The number of ether oxygens (including phenoxy) is 1. The standard InChI is InChI=1S/C12H11F4NO3/c13-9-2-1-7(3-8(9)12(14,15)16)20-11(4-10(18)19)5-17-6-11/h1-3,17H,4-6H2,(H,18,19). The van der Waals surface area contributed by atoms with E-state index in [1.165, 1.54) is 0 Å². The molecule has 0 spiro atoms. The highest BCUT2D eigenvalue weighted by Gasteiger charge is 2.42. The molecular weight excluding hydrogens is 282 g/mol. The van der Waals surface area contributed by atoms with Crippen LogP contribution in [0.3, 0.4) is 0 Å². The summed E-state index contributed by atoms with van der Waals surface area (Å²) in [5, 5.41) is 11.6. The molecule has 0 radical (unpaired) electrons. The highest BCUT2D eigenvalue weighted by Crippen LogP contribution is 2.35. The van der Waals surface area contributed by atoms with Gasteiger partial charge in [0, 0.05) is 13.1 Å². The minimum absolute atomic E-state index is 0.206. The van der Waals surface area contributed by atoms with Crippen LogP contribution in [0.2, 0.25) is 0 Å². The lowest BCUT2D eigenvalue weighted by molar-refractivity contribution is -0.144. The van der Waals surface area contributed by atoms with Gasteiger partial charge in [-0.1, -0.05) is 0 Å². The predicted molar refractivity (Wildman–Crippen MR) is 59.9 cm³/mol. The maximum absolute atomic E-state index is 13.1. The Morgan fingerprint density at radius 1 is 1.40 bits per heavy atom. The summed E-state index contributed by atoms with van der Waals surface area (Å²) in [6, 6.07) is 2.24. The minimum atomic E-state index is -4.83. The number of nitrogens with one attached hydrogen (secondary N) is 1. The van der Waals surface area contributed by atoms with Crippen molar-refractivity contribution in [2.75, 3.05) is 13.1 Å². The molecule has 8 heteroatoms. The van der Waals surface area contributed by atoms with Gasteiger partial charge in [0.15, 0.2) is 0 Å². The molecule has 4 nitrogen and oxygen atoms in total. The largest absolute Gasteiger partial charge is 0.484 e. The van der Waals surface area contributed by atoms with Gasteiger partial charge in [-0.2, -0.15) is 13.2 Å². The van der Waals surface area contributed by atoms with E-state index in [1.807, 2.05) is 0 Å². The lowest BCUT2D eigenvalue weighted by Crippen LogP contribution is -2.64. The average Bonchev–Trinajstić information content (AvgIpc) is 2.26. The van der Waals surface area contributed by atoms with Gasteiger partial charge in [-0.05, 0) is 18.2 Å². The fraction of sp³-hybridized carbons (Fsp3) is 0.417. The second-order valence-electron chi connectivity index (χ2n) is 4.60. The number of hydrogen-bond acceptors (Lipinski definition) is 3. The van der Waals surface area contributed by atoms with E-state index in [0.29, 0.717) is 12.1 Å². The van der Waals surface area contributed by atoms with Gasteiger partial charge in [0.25, 0.3) is 0 Å². The molecule has 0 aliphatic carbocycles. The molecule has 110 valence electrons. The van der Waals surface area contributed by atoms with Crippen LogP contribution in [0.4, 0.5) is 17.6 Å². The molecule has 0 saturated carbocycles. The Labute approximate surface area is 111 Å². The van der Waals surface area contributed by atoms with Gasteiger partial charge in [-0.3, -0.25) is 4.79 Å². The van der Waals surface area contributed by atoms with Crippen molar-refractivity contribution in [1.82, 2.24) is 5.32 Å². The van der Waals surface area contributed by atoms with E-state index >= 15 is 0 Å². The predicted octanol–water partition coefficient (Wildman–Crippen LogP) is 2.04. The van der Waals surface area contributed by atoms with Crippen molar-refractivity contribution in [3.63, 3.8) is 0 Å². The van der Waals surface area contributed by atoms with E-state index < -0.39 is 29.1 Å². The molecule has 1 aliphatic heterocycles. The molecule has 1 aliphatic rings. The van der Waals surface area contributed by atoms with Crippen LogP contribution in [0.25, 0.3) is 0 Å². The van der Waals surface area contributed by atoms with Crippen molar-refractivity contribution in [3.8, 4) is 5.75 Å². The first-order valence-electron chi connectivity index (χ1n) is 5.70. The smallest absolute Gasteiger partial charge is 0.419 e. The fourth-order valence-electron chi connectivity index (χ4n) is 1.95. The fourth-order valence-corrected chi connectivity index (χ4v) is 1.95. The van der Waals surface area contributed by atoms with Crippen LogP contribution in [0.5, 0.6) is 5.75 Å². The monoisotopic (exact) mass is 293 g/mol. The van der Waals surface area contributed by atoms with Crippen LogP contribution >= 0.6 is 0 Å². The van der Waals surface area contributed by atoms with Crippen LogP contribution in [-0.4, -0.2) is 29.8 Å². The Morgan fingerprint density at radius 2 is 2.05 bits per heavy atom. The molecule has 0 bridgehead atoms. The molecule has 1 aromatic rings. The van der Waals surface area contributed by atoms with Crippen LogP contribution in [0, 0.1) is 5.82 Å². The Kier molecular flexibility index (Phi) is 3.59. The second kappa shape index (κ2) is 4.93. The minimum Gasteiger partial charge on any atom is -0.484 e. The van der Waals surface area contributed by atoms with E-state index in [1.54, 1.807) is 0 Å². The van der Waals surface area contributed by atoms with E-state index in [0.717, 1.165) is 6.07 Å². The molecule has 20 heavy (non-hydrogen) atoms. The number of hydrogen-bond donors (Lipinski definition) is 2. The van der Waals surface area contributed by atoms with Gasteiger partial charge in [0.2, 0.25) is 0 Å². The zero-order valence-corrected chi connectivity index (χ0v) is 10.1. The van der Waals surface area contributed by atoms with Gasteiger partial charge >= 0.3 is 12.1 Å². The normalized spacial score (nSPS) is 17.4. The summed E-state index contributed by atoms with van der Waals surface area (Å²) in [7, 11) is 0. The lowest BCUT2D eigenvalue weighted by Gasteiger charge is -2.41. The van der Waals surface area contributed by atoms with Crippen LogP contribution in [0.15, 0.2) is 18.2 Å². The van der Waals surface area contributed by atoms with E-state index in [4.69, 9.17) is 9.84 Å². The van der Waals surface area contributed by atoms with Gasteiger partial charge < -0.3 is 15.2 Å². The first kappa shape index (κ1) is 14.6. The summed E-state index contributed by atoms with van der Waals surface area (Å²) in [5.74, 6) is -2.73. The third-order valence-corrected chi connectivity index (χ3v) is 2.95. The number of rotatable bonds is 4. The van der Waals surface area contributed by atoms with E-state index in [2.05, 4.69) is 5.32 Å². The molecule has 1 fully saturated rings. The molecule has 2 rings (SSSR count). The van der Waals surface area contributed by atoms with Crippen molar-refractivity contribution in [1.29, 1.82) is 0 Å². The SMILES string of the molecule is O=C(O)CC1(Oc2ccc(F)c(C(F)(F)F)c2)CNC1. The molecule has 0 atom stereocenters. The Morgan fingerprint density at radius 3 is 2.50 bits per heavy atom. The number of carbonyl (C=O) groups is 1. The first-order chi connectivity index (χ1) is 9.22. The van der Waals surface area contributed by atoms with Gasteiger partial charge in [-0.15, -0.1) is 0 Å². The third kappa shape index (κ3) is 3.01. The zero-order chi connectivity index (χ0) is 15.0. The quantitative estimate of drug-likeness (QED) is 0.834. The number of carboxylic acid groups (broad SMARTS) is 1. The molecule has 0 unspecified atom stereocenters. The summed E-state index contributed by atoms with van der Waals surface area (Å²) in [6.07, 6.45) is -5.18. The molecule has 1 heterocycles. The lowest BCUT2D eigenvalue weighted by atomic mass is 9.92. The number of alkyl halides is 3. The number of halogens is 4. The van der Waals surface area contributed by atoms with E-state index in [-0.39, 0.29) is 25.3 Å². The third-order valence-electron chi connectivity index (χ3n) is 2.95. The molecule has 1 saturated heterocycles. The molecule has 0 aromatic heterocycles. The van der Waals surface area contributed by atoms with Crippen molar-refractivity contribution in [2.45, 2.75) is 18.2 Å². The summed E-state index contributed by atoms with van der Waals surface area (Å²) in [4.78, 5) is 10.7. The van der Waals surface area contributed by atoms with Gasteiger partial charge in [-0.25, -0.2) is 4.39 Å². The Bertz CT molecular complexity index is 526. The highest BCUT2D eigenvalue weighted by molar-refractivity contribution is 5.68. The summed E-state index contributed by atoms with van der Waals surface area (Å²) >= 11 is 0. The van der Waals surface area contributed by atoms with Crippen LogP contribution < -0.4 is 10.1 Å². The topological polar surface area (TPSA) is 58.6 Å². The molecule has 1 aromatic carbocycles. The van der Waals surface area contributed by atoms with Gasteiger partial charge in [0.05, 0.1) is 12.0 Å². The number of aliphatic carboxylic acids is 1. The Hall–Kier alpha value is -1.83. The first-order valence-corrected chi connectivity index (χ1v) is 5.70. The van der Waals surface area contributed by atoms with Gasteiger partial charge in [0.1, 0.15) is 17.2 Å². The Balaban J connectivity index is 2.23. The summed E-state index contributed by atoms with van der Waals surface area (Å²) < 4.78 is 56.1. The van der Waals surface area contributed by atoms with Crippen molar-refractivity contribution in [3.05, 3.63) is 29.6 Å². The maximum atomic E-state index is 13.1. The van der Waals surface area contributed by atoms with E-state index in [9.17, 15) is 22.4 Å². The molecule has 0 amide bonds. The van der Waals surface area contributed by atoms with Crippen molar-refractivity contribution < 1.29 is 32.2 Å². The molecular formula is C12H11F4NO3. The van der Waals surface area contributed by atoms with Crippen molar-refractivity contribution >= 4 is 5.97 Å². The summed E-state index contributed by atoms with van der Waals surface area (Å²) in [5.41, 5.74) is -2.53. The zero-order valence-electron chi connectivity index (χ0n) is 10.1. The highest BCUT2D eigenvalue weighted by atomic mass is 19.4. The van der Waals surface area contributed by atoms with Crippen LogP contribution in [-0.2, 0) is 11.0 Å². The maximum Gasteiger partial charge on any atom is 0.419 e. The van der Waals surface area contributed by atoms with Crippen molar-refractivity contribution in [2.24, 2.45) is 0 Å². The van der Waals surface area contributed by atoms with Crippen LogP contribution in [0.1, 0.15) is 12.0 Å². The second-order valence-corrected chi connectivity index (χ2v) is 4.60.